The molecule has 3 nitrogen and oxygen atoms in total. The molecule has 0 unspecified atom stereocenters. The van der Waals surface area contributed by atoms with Gasteiger partial charge < -0.3 is 9.32 Å². The van der Waals surface area contributed by atoms with Crippen LogP contribution >= 0.6 is 0 Å². The van der Waals surface area contributed by atoms with E-state index >= 15 is 0 Å². The van der Waals surface area contributed by atoms with Crippen molar-refractivity contribution in [2.24, 2.45) is 0 Å². The van der Waals surface area contributed by atoms with Crippen molar-refractivity contribution in [2.45, 2.75) is 212 Å². The molecule has 0 radical (unpaired) electrons. The Balaban J connectivity index is 1.26. The molecule has 0 N–H and O–H groups in total. The van der Waals surface area contributed by atoms with Gasteiger partial charge >= 0.3 is 0 Å². The Labute approximate surface area is 428 Å². The normalized spacial score (nSPS) is 22.5. The van der Waals surface area contributed by atoms with Crippen molar-refractivity contribution in [3.63, 3.8) is 0 Å². The van der Waals surface area contributed by atoms with Gasteiger partial charge in [0.1, 0.15) is 5.76 Å². The number of hydrogen-bond acceptors (Lipinski definition) is 3. The Kier molecular flexibility index (Phi) is 9.70. The van der Waals surface area contributed by atoms with Crippen molar-refractivity contribution in [3.05, 3.63) is 135 Å². The molecule has 6 aliphatic rings. The second-order valence-electron chi connectivity index (χ2n) is 28.9. The molecule has 0 spiro atoms. The molecule has 0 saturated carbocycles. The lowest BCUT2D eigenvalue weighted by atomic mass is 9.32. The Morgan fingerprint density at radius 3 is 1.44 bits per heavy atom. The molecule has 0 saturated heterocycles. The van der Waals surface area contributed by atoms with Gasteiger partial charge in [0.2, 0.25) is 0 Å². The smallest absolute Gasteiger partial charge is 0.256 e. The van der Waals surface area contributed by atoms with Gasteiger partial charge in [-0.2, -0.15) is 0 Å². The van der Waals surface area contributed by atoms with E-state index in [1.165, 1.54) is 138 Å². The molecule has 6 aromatic rings. The zero-order valence-electron chi connectivity index (χ0n) is 46.6. The summed E-state index contributed by atoms with van der Waals surface area (Å²) in [6.07, 6.45) is 9.27. The molecule has 3 heterocycles. The van der Waals surface area contributed by atoms with Gasteiger partial charge in [-0.15, -0.1) is 0 Å². The average molecular weight is 941 g/mol. The van der Waals surface area contributed by atoms with Crippen LogP contribution in [0.25, 0.3) is 11.1 Å². The first-order valence-electron chi connectivity index (χ1n) is 27.6. The highest BCUT2D eigenvalue weighted by Crippen LogP contribution is 2.57. The van der Waals surface area contributed by atoms with Gasteiger partial charge in [-0.3, -0.25) is 4.90 Å². The molecule has 5 aromatic carbocycles. The molecule has 4 aliphatic carbocycles. The summed E-state index contributed by atoms with van der Waals surface area (Å²) in [6.45, 7) is 42.1. The van der Waals surface area contributed by atoms with Crippen LogP contribution in [0.5, 0.6) is 0 Å². The molecular weight excluding hydrogens is 860 g/mol. The standard InChI is InChI=1S/C67H81BN2O/c1-40-33-45-48(64(10,11)29-27-61(45,4)5)38-51(40)70-52-39-49-47(63(8,9)28-30-65(49,12)13)37-50(52)68-56-53(34-42(35-54(56)70)41-21-19-18-20-22-41)69(43-23-24-44-46(36-43)62(6,7)26-25-60(44,2)3)59-57(68)55-58(71-59)67(16,17)32-31-66(55,14)15/h18-24,33-39H,25-32H2,1-17H3. The lowest BCUT2D eigenvalue weighted by Crippen LogP contribution is -2.63. The van der Waals surface area contributed by atoms with Gasteiger partial charge in [-0.25, -0.2) is 0 Å². The van der Waals surface area contributed by atoms with E-state index in [9.17, 15) is 0 Å². The van der Waals surface area contributed by atoms with Crippen LogP contribution in [-0.4, -0.2) is 6.71 Å². The van der Waals surface area contributed by atoms with Crippen molar-refractivity contribution >= 4 is 57.4 Å². The third-order valence-corrected chi connectivity index (χ3v) is 20.2. The van der Waals surface area contributed by atoms with Crippen molar-refractivity contribution in [3.8, 4) is 11.1 Å². The Hall–Kier alpha value is -4.96. The summed E-state index contributed by atoms with van der Waals surface area (Å²) in [7, 11) is 0. The van der Waals surface area contributed by atoms with Gasteiger partial charge in [-0.05, 0) is 205 Å². The maximum absolute atomic E-state index is 7.83. The molecule has 1 aromatic heterocycles. The third kappa shape index (κ3) is 6.73. The van der Waals surface area contributed by atoms with E-state index in [1.807, 2.05) is 0 Å². The Bertz CT molecular complexity index is 3240. The molecule has 368 valence electrons. The van der Waals surface area contributed by atoms with Crippen LogP contribution in [0.1, 0.15) is 212 Å². The van der Waals surface area contributed by atoms with Crippen LogP contribution < -0.4 is 26.2 Å². The molecule has 0 bridgehead atoms. The number of furan rings is 1. The lowest BCUT2D eigenvalue weighted by molar-refractivity contribution is 0.280. The van der Waals surface area contributed by atoms with E-state index in [2.05, 4.69) is 212 Å². The summed E-state index contributed by atoms with van der Waals surface area (Å²) >= 11 is 0. The molecule has 0 atom stereocenters. The summed E-state index contributed by atoms with van der Waals surface area (Å²) in [6, 6.07) is 34.5. The van der Waals surface area contributed by atoms with Crippen LogP contribution in [0.4, 0.5) is 34.3 Å². The second kappa shape index (κ2) is 14.6. The quantitative estimate of drug-likeness (QED) is 0.165. The summed E-state index contributed by atoms with van der Waals surface area (Å²) < 4.78 is 7.83. The van der Waals surface area contributed by atoms with Gasteiger partial charge in [0, 0.05) is 33.9 Å². The fourth-order valence-electron chi connectivity index (χ4n) is 14.9. The SMILES string of the molecule is Cc1cc2c(cc1N1c3cc4c(cc3B3c5c1cc(-c1ccccc1)cc5N(c1ccc5c(c1)C(C)(C)CCC5(C)C)c1oc5c(c13)C(C)(C)CCC5(C)C)C(C)(C)CCC4(C)C)C(C)(C)CCC2(C)C. The molecule has 71 heavy (non-hydrogen) atoms. The Morgan fingerprint density at radius 2 is 0.859 bits per heavy atom. The highest BCUT2D eigenvalue weighted by atomic mass is 16.4. The monoisotopic (exact) mass is 941 g/mol. The topological polar surface area (TPSA) is 19.6 Å². The van der Waals surface area contributed by atoms with Crippen LogP contribution in [0.15, 0.2) is 89.3 Å². The van der Waals surface area contributed by atoms with Crippen molar-refractivity contribution < 1.29 is 4.42 Å². The number of aryl methyl sites for hydroxylation is 1. The summed E-state index contributed by atoms with van der Waals surface area (Å²) in [5, 5.41) is 0. The summed E-state index contributed by atoms with van der Waals surface area (Å²) in [5.74, 6) is 2.20. The van der Waals surface area contributed by atoms with Gasteiger partial charge in [0.15, 0.2) is 5.88 Å². The first-order valence-corrected chi connectivity index (χ1v) is 27.6. The first-order chi connectivity index (χ1) is 33.0. The van der Waals surface area contributed by atoms with E-state index < -0.39 is 0 Å². The second-order valence-corrected chi connectivity index (χ2v) is 28.9. The number of hydrogen-bond donors (Lipinski definition) is 0. The van der Waals surface area contributed by atoms with E-state index in [0.717, 1.165) is 25.1 Å². The molecule has 0 fully saturated rings. The van der Waals surface area contributed by atoms with Crippen molar-refractivity contribution in [1.29, 1.82) is 0 Å². The fraction of sp³-hybridized carbons (Fsp3) is 0.493. The number of rotatable bonds is 3. The van der Waals surface area contributed by atoms with E-state index in [1.54, 1.807) is 0 Å². The number of nitrogens with zero attached hydrogens (tertiary/aromatic N) is 2. The fourth-order valence-corrected chi connectivity index (χ4v) is 14.9. The summed E-state index contributed by atoms with van der Waals surface area (Å²) in [4.78, 5) is 5.38. The predicted octanol–water partition coefficient (Wildman–Crippen LogP) is 16.7. The van der Waals surface area contributed by atoms with Gasteiger partial charge in [0.05, 0.1) is 0 Å². The maximum atomic E-state index is 7.83. The van der Waals surface area contributed by atoms with Crippen molar-refractivity contribution in [1.82, 2.24) is 0 Å². The molecule has 0 amide bonds. The molecule has 2 aliphatic heterocycles. The largest absolute Gasteiger partial charge is 0.444 e. The van der Waals surface area contributed by atoms with Gasteiger partial charge in [-0.1, -0.05) is 159 Å². The van der Waals surface area contributed by atoms with E-state index in [0.29, 0.717) is 0 Å². The highest BCUT2D eigenvalue weighted by Gasteiger charge is 2.54. The highest BCUT2D eigenvalue weighted by molar-refractivity contribution is 7.00. The van der Waals surface area contributed by atoms with E-state index in [4.69, 9.17) is 4.42 Å². The zero-order chi connectivity index (χ0) is 50.5. The van der Waals surface area contributed by atoms with Gasteiger partial charge in [0.25, 0.3) is 6.71 Å². The minimum Gasteiger partial charge on any atom is -0.444 e. The minimum absolute atomic E-state index is 0.0317. The Morgan fingerprint density at radius 1 is 0.394 bits per heavy atom. The van der Waals surface area contributed by atoms with Crippen LogP contribution in [-0.2, 0) is 43.3 Å². The van der Waals surface area contributed by atoms with Crippen LogP contribution in [0.2, 0.25) is 0 Å². The van der Waals surface area contributed by atoms with E-state index in [-0.39, 0.29) is 50.0 Å². The molecule has 4 heteroatoms. The predicted molar refractivity (Wildman–Crippen MR) is 304 cm³/mol. The lowest BCUT2D eigenvalue weighted by Gasteiger charge is -2.48. The summed E-state index contributed by atoms with van der Waals surface area (Å²) in [5.41, 5.74) is 25.0. The van der Waals surface area contributed by atoms with Crippen molar-refractivity contribution in [2.75, 3.05) is 9.80 Å². The zero-order valence-corrected chi connectivity index (χ0v) is 46.6. The minimum atomic E-state index is -0.119. The number of benzene rings is 5. The number of fused-ring (bicyclic) bond motifs is 9. The number of anilines is 6. The maximum Gasteiger partial charge on any atom is 0.256 e. The average Bonchev–Trinajstić information content (AvgIpc) is 3.73. The molecule has 12 rings (SSSR count). The third-order valence-electron chi connectivity index (χ3n) is 20.2. The molecular formula is C67H81BN2O. The first kappa shape index (κ1) is 47.1. The van der Waals surface area contributed by atoms with Crippen LogP contribution in [0.3, 0.4) is 0 Å². The van der Waals surface area contributed by atoms with Crippen LogP contribution in [0, 0.1) is 6.92 Å².